The fourth-order valence-electron chi connectivity index (χ4n) is 2.94. The Morgan fingerprint density at radius 2 is 2.18 bits per heavy atom. The van der Waals surface area contributed by atoms with Gasteiger partial charge in [0.05, 0.1) is 25.7 Å². The zero-order valence-electron chi connectivity index (χ0n) is 12.5. The van der Waals surface area contributed by atoms with Crippen molar-refractivity contribution in [1.29, 1.82) is 0 Å². The van der Waals surface area contributed by atoms with Gasteiger partial charge in [0.15, 0.2) is 0 Å². The number of aliphatic hydroxyl groups excluding tert-OH is 2. The number of hydrogen-bond acceptors (Lipinski definition) is 5. The first-order valence-corrected chi connectivity index (χ1v) is 7.54. The van der Waals surface area contributed by atoms with Crippen LogP contribution >= 0.6 is 0 Å². The summed E-state index contributed by atoms with van der Waals surface area (Å²) in [6.07, 6.45) is -0.701. The standard InChI is InChI=1S/C16H21NO5/c1-9-4-11-5-10(2-3-14(11)22-9)6-15(19)17-12-7-21-8-13(18)16(12)20/h2-3,5,9,12-13,16,18,20H,4,6-8H2,1H3,(H,17,19)/t9-,12-,13-,16+/m1/s1. The van der Waals surface area contributed by atoms with Crippen LogP contribution in [0.1, 0.15) is 18.1 Å². The minimum absolute atomic E-state index is 0.0938. The molecule has 2 heterocycles. The monoisotopic (exact) mass is 307 g/mol. The molecule has 22 heavy (non-hydrogen) atoms. The molecule has 0 radical (unpaired) electrons. The lowest BCUT2D eigenvalue weighted by Gasteiger charge is -2.32. The number of rotatable bonds is 3. The maximum atomic E-state index is 12.1. The van der Waals surface area contributed by atoms with Crippen LogP contribution in [-0.2, 0) is 22.4 Å². The van der Waals surface area contributed by atoms with Crippen LogP contribution in [0.15, 0.2) is 18.2 Å². The van der Waals surface area contributed by atoms with Crippen molar-refractivity contribution in [1.82, 2.24) is 5.32 Å². The van der Waals surface area contributed by atoms with Crippen molar-refractivity contribution in [3.05, 3.63) is 29.3 Å². The topological polar surface area (TPSA) is 88.0 Å². The van der Waals surface area contributed by atoms with E-state index in [1.54, 1.807) is 0 Å². The molecule has 3 N–H and O–H groups in total. The van der Waals surface area contributed by atoms with E-state index in [2.05, 4.69) is 5.32 Å². The molecular weight excluding hydrogens is 286 g/mol. The highest BCUT2D eigenvalue weighted by Gasteiger charge is 2.32. The minimum atomic E-state index is -0.994. The first-order valence-electron chi connectivity index (χ1n) is 7.54. The van der Waals surface area contributed by atoms with Crippen LogP contribution < -0.4 is 10.1 Å². The van der Waals surface area contributed by atoms with Crippen LogP contribution in [0, 0.1) is 0 Å². The molecule has 1 saturated heterocycles. The summed E-state index contributed by atoms with van der Waals surface area (Å²) >= 11 is 0. The highest BCUT2D eigenvalue weighted by atomic mass is 16.5. The Bertz CT molecular complexity index is 561. The van der Waals surface area contributed by atoms with Gasteiger partial charge in [0, 0.05) is 6.42 Å². The van der Waals surface area contributed by atoms with Crippen LogP contribution in [0.3, 0.4) is 0 Å². The van der Waals surface area contributed by atoms with Crippen molar-refractivity contribution in [2.24, 2.45) is 0 Å². The molecule has 2 aliphatic heterocycles. The van der Waals surface area contributed by atoms with Crippen molar-refractivity contribution in [2.45, 2.75) is 44.1 Å². The van der Waals surface area contributed by atoms with Crippen molar-refractivity contribution in [3.63, 3.8) is 0 Å². The third kappa shape index (κ3) is 3.24. The molecule has 120 valence electrons. The summed E-state index contributed by atoms with van der Waals surface area (Å²) in [5, 5.41) is 22.1. The molecule has 0 unspecified atom stereocenters. The van der Waals surface area contributed by atoms with E-state index in [-0.39, 0.29) is 31.6 Å². The molecule has 6 heteroatoms. The van der Waals surface area contributed by atoms with Gasteiger partial charge in [0.1, 0.15) is 24.1 Å². The maximum Gasteiger partial charge on any atom is 0.224 e. The largest absolute Gasteiger partial charge is 0.490 e. The summed E-state index contributed by atoms with van der Waals surface area (Å²) in [7, 11) is 0. The maximum absolute atomic E-state index is 12.1. The predicted octanol–water partition coefficient (Wildman–Crippen LogP) is -0.211. The Kier molecular flexibility index (Phi) is 4.33. The zero-order chi connectivity index (χ0) is 15.7. The Hall–Kier alpha value is -1.63. The van der Waals surface area contributed by atoms with Gasteiger partial charge in [-0.2, -0.15) is 0 Å². The molecule has 6 nitrogen and oxygen atoms in total. The van der Waals surface area contributed by atoms with Gasteiger partial charge in [0.2, 0.25) is 5.91 Å². The predicted molar refractivity (Wildman–Crippen MR) is 78.7 cm³/mol. The third-order valence-electron chi connectivity index (χ3n) is 4.06. The Labute approximate surface area is 129 Å². The van der Waals surface area contributed by atoms with E-state index in [9.17, 15) is 15.0 Å². The highest BCUT2D eigenvalue weighted by molar-refractivity contribution is 5.79. The second kappa shape index (κ2) is 6.24. The third-order valence-corrected chi connectivity index (χ3v) is 4.06. The summed E-state index contributed by atoms with van der Waals surface area (Å²) in [6.45, 7) is 2.32. The van der Waals surface area contributed by atoms with Gasteiger partial charge in [-0.15, -0.1) is 0 Å². The lowest BCUT2D eigenvalue weighted by Crippen LogP contribution is -2.56. The van der Waals surface area contributed by atoms with E-state index >= 15 is 0 Å². The summed E-state index contributed by atoms with van der Waals surface area (Å²) in [4.78, 5) is 12.1. The molecule has 1 aromatic carbocycles. The van der Waals surface area contributed by atoms with Gasteiger partial charge in [-0.25, -0.2) is 0 Å². The number of amides is 1. The summed E-state index contributed by atoms with van der Waals surface area (Å²) in [5.74, 6) is 0.685. The van der Waals surface area contributed by atoms with Crippen LogP contribution in [0.4, 0.5) is 0 Å². The number of nitrogens with one attached hydrogen (secondary N) is 1. The normalized spacial score (nSPS) is 30.5. The molecule has 0 spiro atoms. The van der Waals surface area contributed by atoms with Crippen molar-refractivity contribution < 1.29 is 24.5 Å². The molecule has 0 aliphatic carbocycles. The molecule has 0 bridgehead atoms. The molecule has 0 aromatic heterocycles. The number of hydrogen-bond donors (Lipinski definition) is 3. The van der Waals surface area contributed by atoms with Gasteiger partial charge in [0.25, 0.3) is 0 Å². The first kappa shape index (κ1) is 15.3. The highest BCUT2D eigenvalue weighted by Crippen LogP contribution is 2.29. The smallest absolute Gasteiger partial charge is 0.224 e. The minimum Gasteiger partial charge on any atom is -0.490 e. The summed E-state index contributed by atoms with van der Waals surface area (Å²) < 4.78 is 10.8. The Morgan fingerprint density at radius 3 is 3.00 bits per heavy atom. The number of benzene rings is 1. The van der Waals surface area contributed by atoms with E-state index in [1.165, 1.54) is 0 Å². The van der Waals surface area contributed by atoms with E-state index in [0.29, 0.717) is 0 Å². The SMILES string of the molecule is C[C@@H]1Cc2cc(CC(=O)N[C@@H]3COC[C@@H](O)[C@H]3O)ccc2O1. The second-order valence-electron chi connectivity index (χ2n) is 6.02. The number of ether oxygens (including phenoxy) is 2. The molecule has 2 aliphatic rings. The average Bonchev–Trinajstić information content (AvgIpc) is 2.83. The van der Waals surface area contributed by atoms with Gasteiger partial charge < -0.3 is 25.0 Å². The van der Waals surface area contributed by atoms with E-state index in [0.717, 1.165) is 23.3 Å². The fraction of sp³-hybridized carbons (Fsp3) is 0.562. The fourth-order valence-corrected chi connectivity index (χ4v) is 2.94. The van der Waals surface area contributed by atoms with Crippen LogP contribution in [-0.4, -0.2) is 53.7 Å². The molecule has 4 atom stereocenters. The van der Waals surface area contributed by atoms with Gasteiger partial charge in [-0.05, 0) is 24.1 Å². The van der Waals surface area contributed by atoms with Crippen LogP contribution in [0.25, 0.3) is 0 Å². The molecule has 1 amide bonds. The molecule has 0 saturated carbocycles. The number of carbonyl (C=O) groups excluding carboxylic acids is 1. The molecular formula is C16H21NO5. The average molecular weight is 307 g/mol. The Balaban J connectivity index is 1.59. The van der Waals surface area contributed by atoms with Crippen molar-refractivity contribution >= 4 is 5.91 Å². The Morgan fingerprint density at radius 1 is 1.36 bits per heavy atom. The second-order valence-corrected chi connectivity index (χ2v) is 6.02. The zero-order valence-corrected chi connectivity index (χ0v) is 12.5. The summed E-state index contributed by atoms with van der Waals surface area (Å²) in [5.41, 5.74) is 2.02. The summed E-state index contributed by atoms with van der Waals surface area (Å²) in [6, 6.07) is 5.18. The first-order chi connectivity index (χ1) is 10.5. The lowest BCUT2D eigenvalue weighted by molar-refractivity contribution is -0.131. The van der Waals surface area contributed by atoms with Gasteiger partial charge in [-0.1, -0.05) is 12.1 Å². The van der Waals surface area contributed by atoms with E-state index in [4.69, 9.17) is 9.47 Å². The van der Waals surface area contributed by atoms with Crippen LogP contribution in [0.5, 0.6) is 5.75 Å². The number of fused-ring (bicyclic) bond motifs is 1. The quantitative estimate of drug-likeness (QED) is 0.719. The molecule has 1 fully saturated rings. The van der Waals surface area contributed by atoms with Crippen molar-refractivity contribution in [3.8, 4) is 5.75 Å². The number of carbonyl (C=O) groups is 1. The van der Waals surface area contributed by atoms with E-state index in [1.807, 2.05) is 25.1 Å². The van der Waals surface area contributed by atoms with Crippen molar-refractivity contribution in [2.75, 3.05) is 13.2 Å². The van der Waals surface area contributed by atoms with Gasteiger partial charge >= 0.3 is 0 Å². The molecule has 1 aromatic rings. The molecule has 3 rings (SSSR count). The van der Waals surface area contributed by atoms with Gasteiger partial charge in [-0.3, -0.25) is 4.79 Å². The van der Waals surface area contributed by atoms with E-state index < -0.39 is 18.2 Å². The lowest BCUT2D eigenvalue weighted by atomic mass is 10.0. The number of aliphatic hydroxyl groups is 2. The van der Waals surface area contributed by atoms with Crippen LogP contribution in [0.2, 0.25) is 0 Å².